The van der Waals surface area contributed by atoms with E-state index in [0.717, 1.165) is 0 Å². The molecule has 76 valence electrons. The number of aliphatic carboxylic acids is 1. The van der Waals surface area contributed by atoms with Gasteiger partial charge in [0.1, 0.15) is 5.76 Å². The zero-order valence-electron chi connectivity index (χ0n) is 7.52. The first kappa shape index (κ1) is 9.39. The summed E-state index contributed by atoms with van der Waals surface area (Å²) in [5.74, 6) is -0.354. The van der Waals surface area contributed by atoms with Crippen LogP contribution >= 0.6 is 11.8 Å². The zero-order chi connectivity index (χ0) is 10.3. The van der Waals surface area contributed by atoms with E-state index in [2.05, 4.69) is 0 Å². The van der Waals surface area contributed by atoms with E-state index in [1.54, 1.807) is 0 Å². The number of carboxylic acid groups (broad SMARTS) is 1. The van der Waals surface area contributed by atoms with Gasteiger partial charge in [0.25, 0.3) is 0 Å². The number of hydrogen-bond acceptors (Lipinski definition) is 4. The molecule has 0 saturated carbocycles. The first-order valence-corrected chi connectivity index (χ1v) is 5.14. The first-order chi connectivity index (χ1) is 6.65. The fraction of sp³-hybridized carbons (Fsp3) is 0.500. The van der Waals surface area contributed by atoms with Crippen LogP contribution in [-0.2, 0) is 14.3 Å². The highest BCUT2D eigenvalue weighted by Gasteiger charge is 2.45. The van der Waals surface area contributed by atoms with E-state index in [0.29, 0.717) is 17.9 Å². The molecular formula is C8H9NO4S. The highest BCUT2D eigenvalue weighted by Crippen LogP contribution is 2.39. The second-order valence-electron chi connectivity index (χ2n) is 3.01. The molecule has 14 heavy (non-hydrogen) atoms. The molecule has 1 atom stereocenters. The van der Waals surface area contributed by atoms with Crippen molar-refractivity contribution >= 4 is 23.6 Å². The van der Waals surface area contributed by atoms with E-state index in [9.17, 15) is 9.59 Å². The van der Waals surface area contributed by atoms with Crippen LogP contribution in [0.5, 0.6) is 0 Å². The maximum Gasteiger partial charge on any atom is 0.356 e. The van der Waals surface area contributed by atoms with Crippen LogP contribution in [0.25, 0.3) is 0 Å². The Kier molecular flexibility index (Phi) is 2.14. The summed E-state index contributed by atoms with van der Waals surface area (Å²) >= 11 is 1.53. The molecule has 1 N–H and O–H groups in total. The number of β-lactam (4-membered cyclic amide) rings is 1. The number of thioether (sulfide) groups is 1. The lowest BCUT2D eigenvalue weighted by Crippen LogP contribution is -2.54. The van der Waals surface area contributed by atoms with E-state index in [1.807, 2.05) is 0 Å². The molecule has 0 spiro atoms. The number of fused-ring (bicyclic) bond motifs is 1. The maximum atomic E-state index is 11.2. The van der Waals surface area contributed by atoms with Gasteiger partial charge >= 0.3 is 5.97 Å². The number of nitrogens with zero attached hydrogens (tertiary/aromatic N) is 1. The molecule has 0 aromatic rings. The summed E-state index contributed by atoms with van der Waals surface area (Å²) in [5.41, 5.74) is 0.00694. The van der Waals surface area contributed by atoms with E-state index >= 15 is 0 Å². The molecule has 0 aromatic heterocycles. The van der Waals surface area contributed by atoms with Crippen molar-refractivity contribution in [3.63, 3.8) is 0 Å². The Bertz CT molecular complexity index is 338. The van der Waals surface area contributed by atoms with Gasteiger partial charge < -0.3 is 9.84 Å². The van der Waals surface area contributed by atoms with E-state index in [4.69, 9.17) is 9.84 Å². The van der Waals surface area contributed by atoms with E-state index in [-0.39, 0.29) is 17.0 Å². The van der Waals surface area contributed by atoms with Crippen LogP contribution in [0.3, 0.4) is 0 Å². The molecule has 5 nitrogen and oxygen atoms in total. The molecule has 1 amide bonds. The highest BCUT2D eigenvalue weighted by molar-refractivity contribution is 8.00. The van der Waals surface area contributed by atoms with Crippen molar-refractivity contribution in [1.29, 1.82) is 0 Å². The Hall–Kier alpha value is -1.17. The van der Waals surface area contributed by atoms with Crippen molar-refractivity contribution in [1.82, 2.24) is 4.90 Å². The van der Waals surface area contributed by atoms with Crippen LogP contribution in [0.15, 0.2) is 11.5 Å². The van der Waals surface area contributed by atoms with Gasteiger partial charge in [-0.3, -0.25) is 9.69 Å². The number of carbonyl (C=O) groups is 2. The zero-order valence-corrected chi connectivity index (χ0v) is 8.34. The van der Waals surface area contributed by atoms with Gasteiger partial charge in [-0.2, -0.15) is 0 Å². The Morgan fingerprint density at radius 2 is 2.43 bits per heavy atom. The van der Waals surface area contributed by atoms with Crippen molar-refractivity contribution in [3.05, 3.63) is 11.5 Å². The number of hydrogen-bond donors (Lipinski definition) is 1. The largest absolute Gasteiger partial charge is 0.498 e. The number of carboxylic acids is 1. The summed E-state index contributed by atoms with van der Waals surface area (Å²) in [4.78, 5) is 23.4. The number of amides is 1. The van der Waals surface area contributed by atoms with Crippen molar-refractivity contribution < 1.29 is 19.4 Å². The van der Waals surface area contributed by atoms with Crippen LogP contribution in [0.2, 0.25) is 0 Å². The summed E-state index contributed by atoms with van der Waals surface area (Å²) in [6.07, 6.45) is 0.429. The van der Waals surface area contributed by atoms with Gasteiger partial charge in [-0.25, -0.2) is 4.79 Å². The lowest BCUT2D eigenvalue weighted by atomic mass is 10.1. The minimum Gasteiger partial charge on any atom is -0.498 e. The summed E-state index contributed by atoms with van der Waals surface area (Å²) in [7, 11) is 1.42. The Morgan fingerprint density at radius 3 is 2.93 bits per heavy atom. The molecule has 2 aliphatic heterocycles. The molecule has 6 heteroatoms. The predicted molar refractivity (Wildman–Crippen MR) is 49.4 cm³/mol. The molecule has 2 heterocycles. The number of ether oxygens (including phenoxy) is 1. The molecule has 1 unspecified atom stereocenters. The molecule has 1 fully saturated rings. The lowest BCUT2D eigenvalue weighted by Gasteiger charge is -2.43. The molecule has 0 bridgehead atoms. The van der Waals surface area contributed by atoms with Crippen LogP contribution in [0, 0.1) is 0 Å². The quantitative estimate of drug-likeness (QED) is 0.668. The third-order valence-corrected chi connectivity index (χ3v) is 3.46. The maximum absolute atomic E-state index is 11.2. The summed E-state index contributed by atoms with van der Waals surface area (Å²) in [5, 5.41) is 8.93. The summed E-state index contributed by atoms with van der Waals surface area (Å²) < 4.78 is 4.95. The van der Waals surface area contributed by atoms with Gasteiger partial charge in [-0.15, -0.1) is 11.8 Å². The Balaban J connectivity index is 2.37. The van der Waals surface area contributed by atoms with Gasteiger partial charge in [0.15, 0.2) is 5.70 Å². The Morgan fingerprint density at radius 1 is 1.71 bits per heavy atom. The van der Waals surface area contributed by atoms with Gasteiger partial charge in [0, 0.05) is 0 Å². The molecule has 0 aromatic carbocycles. The van der Waals surface area contributed by atoms with Crippen molar-refractivity contribution in [2.24, 2.45) is 0 Å². The van der Waals surface area contributed by atoms with Crippen LogP contribution in [0.1, 0.15) is 6.42 Å². The van der Waals surface area contributed by atoms with Crippen molar-refractivity contribution in [2.45, 2.75) is 11.8 Å². The third kappa shape index (κ3) is 1.18. The molecule has 1 saturated heterocycles. The standard InChI is InChI=1S/C8H9NO4S/c1-13-4-3-14-6-2-5(10)9(6)7(4)8(11)12/h6H,2-3H2,1H3,(H,11,12). The van der Waals surface area contributed by atoms with Gasteiger partial charge in [0.2, 0.25) is 5.91 Å². The number of carbonyl (C=O) groups excluding carboxylic acids is 1. The van der Waals surface area contributed by atoms with Crippen molar-refractivity contribution in [3.8, 4) is 0 Å². The second-order valence-corrected chi connectivity index (χ2v) is 4.18. The van der Waals surface area contributed by atoms with Crippen LogP contribution in [-0.4, -0.2) is 40.1 Å². The van der Waals surface area contributed by atoms with Gasteiger partial charge in [-0.05, 0) is 0 Å². The van der Waals surface area contributed by atoms with Crippen molar-refractivity contribution in [2.75, 3.05) is 12.9 Å². The fourth-order valence-electron chi connectivity index (χ4n) is 1.54. The summed E-state index contributed by atoms with van der Waals surface area (Å²) in [6.45, 7) is 0. The molecule has 0 radical (unpaired) electrons. The number of rotatable bonds is 2. The highest BCUT2D eigenvalue weighted by atomic mass is 32.2. The predicted octanol–water partition coefficient (Wildman–Crippen LogP) is 0.234. The minimum atomic E-state index is -1.10. The van der Waals surface area contributed by atoms with Gasteiger partial charge in [0.05, 0.1) is 24.7 Å². The molecule has 2 aliphatic rings. The molecule has 2 rings (SSSR count). The lowest BCUT2D eigenvalue weighted by molar-refractivity contribution is -0.146. The molecular weight excluding hydrogens is 206 g/mol. The molecule has 0 aliphatic carbocycles. The Labute approximate surface area is 84.7 Å². The topological polar surface area (TPSA) is 66.8 Å². The SMILES string of the molecule is COC1=C(C(=O)O)N2C(=O)CC2SC1. The monoisotopic (exact) mass is 215 g/mol. The third-order valence-electron chi connectivity index (χ3n) is 2.27. The van der Waals surface area contributed by atoms with E-state index in [1.165, 1.54) is 23.8 Å². The van der Waals surface area contributed by atoms with E-state index < -0.39 is 5.97 Å². The average Bonchev–Trinajstić information content (AvgIpc) is 2.15. The minimum absolute atomic E-state index is 0.00694. The first-order valence-electron chi connectivity index (χ1n) is 4.09. The number of methoxy groups -OCH3 is 1. The normalized spacial score (nSPS) is 25.6. The fourth-order valence-corrected chi connectivity index (χ4v) is 2.77. The average molecular weight is 215 g/mol. The van der Waals surface area contributed by atoms with Gasteiger partial charge in [-0.1, -0.05) is 0 Å². The summed E-state index contributed by atoms with van der Waals surface area (Å²) in [6, 6.07) is 0. The van der Waals surface area contributed by atoms with Crippen LogP contribution in [0.4, 0.5) is 0 Å². The smallest absolute Gasteiger partial charge is 0.356 e. The van der Waals surface area contributed by atoms with Crippen LogP contribution < -0.4 is 0 Å². The second kappa shape index (κ2) is 3.20.